The summed E-state index contributed by atoms with van der Waals surface area (Å²) < 4.78 is 7.16. The lowest BCUT2D eigenvalue weighted by molar-refractivity contribution is -0.0511. The lowest BCUT2D eigenvalue weighted by atomic mass is 10.1. The SMILES string of the molecule is OC[C@H]1O[C@@H](n2cnc3c(N[C@H]4CCN(c5ccc(Cl)cc5)C4)ncnc32)[C@H](O)[C@@H]1O. The van der Waals surface area contributed by atoms with Gasteiger partial charge in [0.2, 0.25) is 0 Å². The Morgan fingerprint density at radius 2 is 1.94 bits per heavy atom. The number of aliphatic hydroxyl groups excluding tert-OH is 3. The van der Waals surface area contributed by atoms with E-state index in [1.54, 1.807) is 4.57 Å². The van der Waals surface area contributed by atoms with Gasteiger partial charge in [-0.15, -0.1) is 0 Å². The predicted octanol–water partition coefficient (Wildman–Crippen LogP) is 0.782. The molecule has 0 spiro atoms. The highest BCUT2D eigenvalue weighted by Crippen LogP contribution is 2.32. The maximum Gasteiger partial charge on any atom is 0.167 e. The maximum absolute atomic E-state index is 10.3. The Balaban J connectivity index is 1.34. The number of aromatic nitrogens is 4. The van der Waals surface area contributed by atoms with E-state index in [9.17, 15) is 15.3 Å². The van der Waals surface area contributed by atoms with E-state index in [1.165, 1.54) is 12.7 Å². The number of anilines is 2. The molecule has 0 aliphatic carbocycles. The first kappa shape index (κ1) is 20.4. The molecule has 2 aliphatic rings. The number of fused-ring (bicyclic) bond motifs is 1. The molecule has 5 rings (SSSR count). The van der Waals surface area contributed by atoms with Gasteiger partial charge in [-0.1, -0.05) is 11.6 Å². The fourth-order valence-corrected chi connectivity index (χ4v) is 4.34. The van der Waals surface area contributed by atoms with Crippen molar-refractivity contribution >= 4 is 34.3 Å². The van der Waals surface area contributed by atoms with E-state index in [4.69, 9.17) is 16.3 Å². The Bertz CT molecular complexity index is 1060. The molecule has 0 amide bonds. The van der Waals surface area contributed by atoms with Gasteiger partial charge >= 0.3 is 0 Å². The Morgan fingerprint density at radius 1 is 1.13 bits per heavy atom. The van der Waals surface area contributed by atoms with Crippen molar-refractivity contribution < 1.29 is 20.1 Å². The van der Waals surface area contributed by atoms with Crippen molar-refractivity contribution in [1.82, 2.24) is 19.5 Å². The molecule has 164 valence electrons. The Labute approximate surface area is 183 Å². The number of halogens is 1. The molecule has 3 aromatic rings. The lowest BCUT2D eigenvalue weighted by Crippen LogP contribution is -2.33. The molecule has 0 bridgehead atoms. The smallest absolute Gasteiger partial charge is 0.167 e. The number of hydrogen-bond donors (Lipinski definition) is 4. The van der Waals surface area contributed by atoms with Gasteiger partial charge in [-0.25, -0.2) is 15.0 Å². The molecule has 2 fully saturated rings. The van der Waals surface area contributed by atoms with Crippen molar-refractivity contribution in [2.75, 3.05) is 29.9 Å². The maximum atomic E-state index is 10.3. The number of rotatable bonds is 5. The van der Waals surface area contributed by atoms with Gasteiger partial charge in [0.05, 0.1) is 12.9 Å². The zero-order valence-electron chi connectivity index (χ0n) is 16.5. The van der Waals surface area contributed by atoms with Gasteiger partial charge in [-0.05, 0) is 30.7 Å². The summed E-state index contributed by atoms with van der Waals surface area (Å²) in [6.07, 6.45) is -0.298. The third kappa shape index (κ3) is 3.70. The average molecular weight is 447 g/mol. The summed E-state index contributed by atoms with van der Waals surface area (Å²) in [6, 6.07) is 7.96. The second-order valence-electron chi connectivity index (χ2n) is 7.83. The van der Waals surface area contributed by atoms with Crippen molar-refractivity contribution in [3.05, 3.63) is 41.9 Å². The molecule has 2 aromatic heterocycles. The van der Waals surface area contributed by atoms with Gasteiger partial charge in [-0.2, -0.15) is 0 Å². The number of ether oxygens (including phenoxy) is 1. The van der Waals surface area contributed by atoms with E-state index < -0.39 is 31.1 Å². The van der Waals surface area contributed by atoms with Crippen LogP contribution in [0.5, 0.6) is 0 Å². The molecule has 2 saturated heterocycles. The molecule has 0 radical (unpaired) electrons. The van der Waals surface area contributed by atoms with Crippen LogP contribution in [0.2, 0.25) is 5.02 Å². The van der Waals surface area contributed by atoms with Gasteiger partial charge < -0.3 is 30.3 Å². The van der Waals surface area contributed by atoms with Crippen LogP contribution in [0.1, 0.15) is 12.6 Å². The van der Waals surface area contributed by atoms with Crippen LogP contribution in [-0.2, 0) is 4.74 Å². The molecule has 5 atom stereocenters. The average Bonchev–Trinajstić information content (AvgIpc) is 3.48. The largest absolute Gasteiger partial charge is 0.394 e. The van der Waals surface area contributed by atoms with E-state index in [0.717, 1.165) is 25.2 Å². The van der Waals surface area contributed by atoms with Crippen LogP contribution >= 0.6 is 11.6 Å². The minimum atomic E-state index is -1.20. The summed E-state index contributed by atoms with van der Waals surface area (Å²) in [5.41, 5.74) is 2.14. The molecule has 0 unspecified atom stereocenters. The van der Waals surface area contributed by atoms with E-state index in [2.05, 4.69) is 25.2 Å². The second kappa shape index (κ2) is 8.21. The third-order valence-electron chi connectivity index (χ3n) is 5.87. The van der Waals surface area contributed by atoms with Crippen LogP contribution in [0.4, 0.5) is 11.5 Å². The highest BCUT2D eigenvalue weighted by Gasteiger charge is 2.44. The Hall–Kier alpha value is -2.50. The number of benzene rings is 1. The predicted molar refractivity (Wildman–Crippen MR) is 114 cm³/mol. The fourth-order valence-electron chi connectivity index (χ4n) is 4.21. The summed E-state index contributed by atoms with van der Waals surface area (Å²) >= 11 is 5.99. The van der Waals surface area contributed by atoms with Crippen molar-refractivity contribution in [2.45, 2.75) is 37.0 Å². The van der Waals surface area contributed by atoms with Gasteiger partial charge in [0.25, 0.3) is 0 Å². The van der Waals surface area contributed by atoms with Crippen LogP contribution in [0.25, 0.3) is 11.2 Å². The van der Waals surface area contributed by atoms with Crippen LogP contribution in [0.15, 0.2) is 36.9 Å². The fraction of sp³-hybridized carbons (Fsp3) is 0.450. The normalized spacial score (nSPS) is 28.5. The molecule has 0 saturated carbocycles. The van der Waals surface area contributed by atoms with Gasteiger partial charge in [0.1, 0.15) is 24.6 Å². The number of hydrogen-bond acceptors (Lipinski definition) is 9. The van der Waals surface area contributed by atoms with Crippen molar-refractivity contribution in [3.8, 4) is 0 Å². The quantitative estimate of drug-likeness (QED) is 0.449. The van der Waals surface area contributed by atoms with Gasteiger partial charge in [0.15, 0.2) is 23.2 Å². The summed E-state index contributed by atoms with van der Waals surface area (Å²) in [5.74, 6) is 0.596. The topological polar surface area (TPSA) is 129 Å². The van der Waals surface area contributed by atoms with Gasteiger partial charge in [0, 0.05) is 29.8 Å². The second-order valence-corrected chi connectivity index (χ2v) is 8.26. The third-order valence-corrected chi connectivity index (χ3v) is 6.12. The van der Waals surface area contributed by atoms with Crippen LogP contribution in [0.3, 0.4) is 0 Å². The molecule has 4 heterocycles. The molecular formula is C20H23ClN6O4. The summed E-state index contributed by atoms with van der Waals surface area (Å²) in [6.45, 7) is 1.32. The number of nitrogens with zero attached hydrogens (tertiary/aromatic N) is 5. The molecule has 2 aliphatic heterocycles. The molecule has 10 nitrogen and oxygen atoms in total. The van der Waals surface area contributed by atoms with Crippen LogP contribution in [-0.4, -0.2) is 78.9 Å². The van der Waals surface area contributed by atoms with Gasteiger partial charge in [-0.3, -0.25) is 4.57 Å². The molecular weight excluding hydrogens is 424 g/mol. The van der Waals surface area contributed by atoms with E-state index in [0.29, 0.717) is 22.0 Å². The zero-order valence-corrected chi connectivity index (χ0v) is 17.3. The highest BCUT2D eigenvalue weighted by atomic mass is 35.5. The summed E-state index contributed by atoms with van der Waals surface area (Å²) in [7, 11) is 0. The lowest BCUT2D eigenvalue weighted by Gasteiger charge is -2.19. The van der Waals surface area contributed by atoms with Crippen LogP contribution in [0, 0.1) is 0 Å². The van der Waals surface area contributed by atoms with Crippen molar-refractivity contribution in [3.63, 3.8) is 0 Å². The first-order chi connectivity index (χ1) is 15.0. The standard InChI is InChI=1S/C20H23ClN6O4/c21-11-1-3-13(4-2-11)26-6-5-12(7-26)25-18-15-19(23-9-22-18)27(10-24-15)20-17(30)16(29)14(8-28)31-20/h1-4,9-10,12,14,16-17,20,28-30H,5-8H2,(H,22,23,25)/t12-,14+,16+,17+,20+/m0/s1. The Kier molecular flexibility index (Phi) is 5.40. The van der Waals surface area contributed by atoms with Crippen LogP contribution < -0.4 is 10.2 Å². The minimum absolute atomic E-state index is 0.174. The summed E-state index contributed by atoms with van der Waals surface area (Å²) in [5, 5.41) is 33.9. The number of nitrogens with one attached hydrogen (secondary N) is 1. The van der Waals surface area contributed by atoms with Crippen molar-refractivity contribution in [2.24, 2.45) is 0 Å². The van der Waals surface area contributed by atoms with Crippen molar-refractivity contribution in [1.29, 1.82) is 0 Å². The molecule has 11 heteroatoms. The number of imidazole rings is 1. The van der Waals surface area contributed by atoms with E-state index in [-0.39, 0.29) is 6.04 Å². The molecule has 4 N–H and O–H groups in total. The zero-order chi connectivity index (χ0) is 21.5. The number of aliphatic hydroxyl groups is 3. The first-order valence-electron chi connectivity index (χ1n) is 10.1. The minimum Gasteiger partial charge on any atom is -0.394 e. The monoisotopic (exact) mass is 446 g/mol. The van der Waals surface area contributed by atoms with E-state index in [1.807, 2.05) is 24.3 Å². The van der Waals surface area contributed by atoms with E-state index >= 15 is 0 Å². The molecule has 1 aromatic carbocycles. The Morgan fingerprint density at radius 3 is 2.68 bits per heavy atom. The summed E-state index contributed by atoms with van der Waals surface area (Å²) in [4.78, 5) is 15.3. The molecule has 31 heavy (non-hydrogen) atoms. The highest BCUT2D eigenvalue weighted by molar-refractivity contribution is 6.30. The first-order valence-corrected chi connectivity index (χ1v) is 10.5.